The van der Waals surface area contributed by atoms with Crippen LogP contribution in [-0.2, 0) is 0 Å². The molecule has 0 fully saturated rings. The second kappa shape index (κ2) is 6.95. The Morgan fingerprint density at radius 2 is 1.57 bits per heavy atom. The Bertz CT molecular complexity index is 612. The molecular weight excluding hydrogens is 270 g/mol. The SMILES string of the molecule is COc1ccc(C(=O)NNC(=O)Nc2ccccc2)cc1. The normalized spacial score (nSPS) is 9.57. The fourth-order valence-electron chi connectivity index (χ4n) is 1.61. The molecule has 0 aliphatic carbocycles. The molecule has 108 valence electrons. The van der Waals surface area contributed by atoms with Crippen molar-refractivity contribution < 1.29 is 14.3 Å². The molecule has 6 nitrogen and oxygen atoms in total. The molecule has 3 N–H and O–H groups in total. The van der Waals surface area contributed by atoms with Gasteiger partial charge in [-0.3, -0.25) is 10.2 Å². The highest BCUT2D eigenvalue weighted by atomic mass is 16.5. The fourth-order valence-corrected chi connectivity index (χ4v) is 1.61. The van der Waals surface area contributed by atoms with E-state index >= 15 is 0 Å². The molecule has 0 unspecified atom stereocenters. The number of nitrogens with one attached hydrogen (secondary N) is 3. The van der Waals surface area contributed by atoms with Gasteiger partial charge in [0.1, 0.15) is 5.75 Å². The molecule has 3 amide bonds. The van der Waals surface area contributed by atoms with Crippen LogP contribution in [-0.4, -0.2) is 19.0 Å². The molecule has 6 heteroatoms. The summed E-state index contributed by atoms with van der Waals surface area (Å²) in [5.41, 5.74) is 5.64. The Morgan fingerprint density at radius 3 is 2.19 bits per heavy atom. The number of urea groups is 1. The number of rotatable bonds is 3. The van der Waals surface area contributed by atoms with Crippen LogP contribution in [0.2, 0.25) is 0 Å². The number of carbonyl (C=O) groups is 2. The number of ether oxygens (including phenoxy) is 1. The van der Waals surface area contributed by atoms with Gasteiger partial charge >= 0.3 is 6.03 Å². The van der Waals surface area contributed by atoms with Crippen molar-refractivity contribution in [1.82, 2.24) is 10.9 Å². The highest BCUT2D eigenvalue weighted by Crippen LogP contribution is 2.10. The van der Waals surface area contributed by atoms with Crippen LogP contribution in [0.5, 0.6) is 5.75 Å². The smallest absolute Gasteiger partial charge is 0.337 e. The van der Waals surface area contributed by atoms with Gasteiger partial charge in [0, 0.05) is 11.3 Å². The third kappa shape index (κ3) is 4.24. The lowest BCUT2D eigenvalue weighted by Gasteiger charge is -2.09. The van der Waals surface area contributed by atoms with E-state index in [0.29, 0.717) is 17.0 Å². The molecule has 0 aliphatic rings. The van der Waals surface area contributed by atoms with Crippen LogP contribution in [0.25, 0.3) is 0 Å². The summed E-state index contributed by atoms with van der Waals surface area (Å²) in [6, 6.07) is 14.9. The van der Waals surface area contributed by atoms with Crippen molar-refractivity contribution in [3.8, 4) is 5.75 Å². The maximum Gasteiger partial charge on any atom is 0.337 e. The van der Waals surface area contributed by atoms with Gasteiger partial charge < -0.3 is 10.1 Å². The number of carbonyl (C=O) groups excluding carboxylic acids is 2. The minimum Gasteiger partial charge on any atom is -0.497 e. The molecule has 0 radical (unpaired) electrons. The van der Waals surface area contributed by atoms with E-state index < -0.39 is 11.9 Å². The minimum atomic E-state index is -0.525. The van der Waals surface area contributed by atoms with Gasteiger partial charge in [-0.2, -0.15) is 0 Å². The van der Waals surface area contributed by atoms with Gasteiger partial charge in [0.2, 0.25) is 0 Å². The van der Waals surface area contributed by atoms with Crippen molar-refractivity contribution in [2.24, 2.45) is 0 Å². The Kier molecular flexibility index (Phi) is 4.76. The Morgan fingerprint density at radius 1 is 0.905 bits per heavy atom. The standard InChI is InChI=1S/C15H15N3O3/c1-21-13-9-7-11(8-10-13)14(19)17-18-15(20)16-12-5-3-2-4-6-12/h2-10H,1H3,(H,17,19)(H2,16,18,20). The average molecular weight is 285 g/mol. The lowest BCUT2D eigenvalue weighted by Crippen LogP contribution is -2.43. The highest BCUT2D eigenvalue weighted by Gasteiger charge is 2.07. The first-order chi connectivity index (χ1) is 10.2. The molecule has 0 saturated carbocycles. The zero-order valence-corrected chi connectivity index (χ0v) is 11.4. The number of amides is 3. The van der Waals surface area contributed by atoms with Crippen LogP contribution in [0.4, 0.5) is 10.5 Å². The largest absolute Gasteiger partial charge is 0.497 e. The van der Waals surface area contributed by atoms with Gasteiger partial charge in [-0.05, 0) is 36.4 Å². The van der Waals surface area contributed by atoms with Crippen LogP contribution < -0.4 is 20.9 Å². The molecule has 0 bridgehead atoms. The number of anilines is 1. The summed E-state index contributed by atoms with van der Waals surface area (Å²) < 4.78 is 5.00. The van der Waals surface area contributed by atoms with Crippen LogP contribution in [0, 0.1) is 0 Å². The van der Waals surface area contributed by atoms with Crippen molar-refractivity contribution in [3.05, 3.63) is 60.2 Å². The molecule has 21 heavy (non-hydrogen) atoms. The van der Waals surface area contributed by atoms with Crippen molar-refractivity contribution in [2.75, 3.05) is 12.4 Å². The van der Waals surface area contributed by atoms with E-state index in [9.17, 15) is 9.59 Å². The number of hydrogen-bond donors (Lipinski definition) is 3. The summed E-state index contributed by atoms with van der Waals surface area (Å²) in [6.45, 7) is 0. The summed E-state index contributed by atoms with van der Waals surface area (Å²) in [5, 5.41) is 2.58. The first-order valence-corrected chi connectivity index (χ1v) is 6.25. The monoisotopic (exact) mass is 285 g/mol. The summed E-state index contributed by atoms with van der Waals surface area (Å²) in [5.74, 6) is 0.238. The van der Waals surface area contributed by atoms with Crippen LogP contribution in [0.1, 0.15) is 10.4 Å². The predicted octanol–water partition coefficient (Wildman–Crippen LogP) is 2.16. The second-order valence-electron chi connectivity index (χ2n) is 4.13. The number of hydrazine groups is 1. The van der Waals surface area contributed by atoms with Gasteiger partial charge in [0.15, 0.2) is 0 Å². The fraction of sp³-hybridized carbons (Fsp3) is 0.0667. The second-order valence-corrected chi connectivity index (χ2v) is 4.13. The van der Waals surface area contributed by atoms with Gasteiger partial charge in [0.25, 0.3) is 5.91 Å². The van der Waals surface area contributed by atoms with Crippen LogP contribution >= 0.6 is 0 Å². The Balaban J connectivity index is 1.84. The molecule has 0 aromatic heterocycles. The minimum absolute atomic E-state index is 0.413. The summed E-state index contributed by atoms with van der Waals surface area (Å²) in [4.78, 5) is 23.4. The van der Waals surface area contributed by atoms with Gasteiger partial charge in [0.05, 0.1) is 7.11 Å². The van der Waals surface area contributed by atoms with Crippen LogP contribution in [0.3, 0.4) is 0 Å². The zero-order valence-electron chi connectivity index (χ0n) is 11.4. The molecular formula is C15H15N3O3. The van der Waals surface area contributed by atoms with E-state index in [-0.39, 0.29) is 0 Å². The van der Waals surface area contributed by atoms with Crippen LogP contribution in [0.15, 0.2) is 54.6 Å². The molecule has 2 aromatic carbocycles. The Hall–Kier alpha value is -3.02. The van der Waals surface area contributed by atoms with E-state index in [4.69, 9.17) is 4.74 Å². The van der Waals surface area contributed by atoms with Crippen molar-refractivity contribution >= 4 is 17.6 Å². The molecule has 2 rings (SSSR count). The maximum absolute atomic E-state index is 11.8. The number of methoxy groups -OCH3 is 1. The molecule has 0 heterocycles. The molecule has 0 spiro atoms. The Labute approximate surface area is 122 Å². The zero-order chi connectivity index (χ0) is 15.1. The van der Waals surface area contributed by atoms with E-state index in [1.807, 2.05) is 6.07 Å². The highest BCUT2D eigenvalue weighted by molar-refractivity contribution is 5.97. The summed E-state index contributed by atoms with van der Waals surface area (Å²) >= 11 is 0. The lowest BCUT2D eigenvalue weighted by molar-refractivity contribution is 0.0938. The number of benzene rings is 2. The topological polar surface area (TPSA) is 79.5 Å². The van der Waals surface area contributed by atoms with E-state index in [0.717, 1.165) is 0 Å². The number of para-hydroxylation sites is 1. The summed E-state index contributed by atoms with van der Waals surface area (Å²) in [6.07, 6.45) is 0. The van der Waals surface area contributed by atoms with Gasteiger partial charge in [-0.25, -0.2) is 10.2 Å². The first kappa shape index (κ1) is 14.4. The first-order valence-electron chi connectivity index (χ1n) is 6.25. The van der Waals surface area contributed by atoms with Gasteiger partial charge in [-0.15, -0.1) is 0 Å². The summed E-state index contributed by atoms with van der Waals surface area (Å²) in [7, 11) is 1.55. The predicted molar refractivity (Wildman–Crippen MR) is 79.1 cm³/mol. The van der Waals surface area contributed by atoms with Crippen molar-refractivity contribution in [2.45, 2.75) is 0 Å². The third-order valence-corrected chi connectivity index (χ3v) is 2.67. The van der Waals surface area contributed by atoms with E-state index in [1.54, 1.807) is 55.6 Å². The molecule has 2 aromatic rings. The molecule has 0 aliphatic heterocycles. The van der Waals surface area contributed by atoms with Crippen molar-refractivity contribution in [3.63, 3.8) is 0 Å². The van der Waals surface area contributed by atoms with E-state index in [2.05, 4.69) is 16.2 Å². The molecule has 0 atom stereocenters. The van der Waals surface area contributed by atoms with E-state index in [1.165, 1.54) is 0 Å². The average Bonchev–Trinajstić information content (AvgIpc) is 2.53. The van der Waals surface area contributed by atoms with Gasteiger partial charge in [-0.1, -0.05) is 18.2 Å². The number of hydrogen-bond acceptors (Lipinski definition) is 3. The lowest BCUT2D eigenvalue weighted by atomic mass is 10.2. The quantitative estimate of drug-likeness (QED) is 0.756. The molecule has 0 saturated heterocycles. The third-order valence-electron chi connectivity index (χ3n) is 2.67. The van der Waals surface area contributed by atoms with Crippen molar-refractivity contribution in [1.29, 1.82) is 0 Å². The maximum atomic E-state index is 11.8.